The highest BCUT2D eigenvalue weighted by atomic mass is 32.1. The van der Waals surface area contributed by atoms with Crippen molar-refractivity contribution < 1.29 is 9.90 Å². The van der Waals surface area contributed by atoms with Crippen molar-refractivity contribution in [3.8, 4) is 0 Å². The Labute approximate surface area is 132 Å². The highest BCUT2D eigenvalue weighted by Gasteiger charge is 2.23. The van der Waals surface area contributed by atoms with Gasteiger partial charge in [-0.15, -0.1) is 11.3 Å². The lowest BCUT2D eigenvalue weighted by Gasteiger charge is -2.19. The number of aromatic carboxylic acids is 1. The maximum Gasteiger partial charge on any atom is 0.347 e. The van der Waals surface area contributed by atoms with Crippen LogP contribution < -0.4 is 0 Å². The first-order valence-corrected chi connectivity index (χ1v) is 8.84. The fraction of sp³-hybridized carbons (Fsp3) is 0.750. The molecule has 0 aliphatic carbocycles. The molecule has 120 valence electrons. The Morgan fingerprint density at radius 2 is 1.76 bits per heavy atom. The molecule has 0 bridgehead atoms. The number of hydrogen-bond acceptors (Lipinski definition) is 4. The van der Waals surface area contributed by atoms with Crippen LogP contribution in [0.15, 0.2) is 0 Å². The van der Waals surface area contributed by atoms with Crippen LogP contribution in [0, 0.1) is 0 Å². The summed E-state index contributed by atoms with van der Waals surface area (Å²) in [5.41, 5.74) is 0.792. The van der Waals surface area contributed by atoms with Crippen LogP contribution in [0.3, 0.4) is 0 Å². The molecule has 0 radical (unpaired) electrons. The Balaban J connectivity index is 2.98. The minimum Gasteiger partial charge on any atom is -0.477 e. The highest BCUT2D eigenvalue weighted by molar-refractivity contribution is 7.13. The minimum absolute atomic E-state index is 0.256. The second kappa shape index (κ2) is 9.15. The number of rotatable bonds is 10. The standard InChI is InChI=1S/C16H28N2O2S/c1-5-9-18(10-6-2)11-13-17-14(12(7-3)8-4)15(21-13)16(19)20/h12H,5-11H2,1-4H3,(H,19,20). The Hall–Kier alpha value is -0.940. The summed E-state index contributed by atoms with van der Waals surface area (Å²) in [6, 6.07) is 0. The Morgan fingerprint density at radius 1 is 1.19 bits per heavy atom. The zero-order valence-electron chi connectivity index (χ0n) is 13.7. The van der Waals surface area contributed by atoms with Crippen LogP contribution in [0.2, 0.25) is 0 Å². The summed E-state index contributed by atoms with van der Waals surface area (Å²) in [7, 11) is 0. The maximum atomic E-state index is 11.5. The van der Waals surface area contributed by atoms with Gasteiger partial charge in [0.25, 0.3) is 0 Å². The van der Waals surface area contributed by atoms with Gasteiger partial charge in [-0.3, -0.25) is 4.90 Å². The molecule has 5 heteroatoms. The van der Waals surface area contributed by atoms with Crippen molar-refractivity contribution in [3.05, 3.63) is 15.6 Å². The van der Waals surface area contributed by atoms with E-state index in [1.165, 1.54) is 11.3 Å². The molecule has 0 spiro atoms. The summed E-state index contributed by atoms with van der Waals surface area (Å²) in [5, 5.41) is 10.4. The average molecular weight is 312 g/mol. The molecule has 0 aliphatic rings. The zero-order chi connectivity index (χ0) is 15.8. The quantitative estimate of drug-likeness (QED) is 0.697. The largest absolute Gasteiger partial charge is 0.477 e. The van der Waals surface area contributed by atoms with E-state index in [0.29, 0.717) is 4.88 Å². The highest BCUT2D eigenvalue weighted by Crippen LogP contribution is 2.30. The maximum absolute atomic E-state index is 11.5. The van der Waals surface area contributed by atoms with E-state index in [9.17, 15) is 9.90 Å². The van der Waals surface area contributed by atoms with Crippen LogP contribution in [0.25, 0.3) is 0 Å². The molecule has 1 rings (SSSR count). The second-order valence-electron chi connectivity index (χ2n) is 5.42. The van der Waals surface area contributed by atoms with Crippen molar-refractivity contribution in [2.24, 2.45) is 0 Å². The molecule has 0 aromatic carbocycles. The molecule has 4 nitrogen and oxygen atoms in total. The topological polar surface area (TPSA) is 53.4 Å². The van der Waals surface area contributed by atoms with Gasteiger partial charge in [0, 0.05) is 5.92 Å². The molecular formula is C16H28N2O2S. The minimum atomic E-state index is -0.835. The van der Waals surface area contributed by atoms with Crippen LogP contribution in [0.1, 0.15) is 79.7 Å². The third kappa shape index (κ3) is 5.08. The number of aromatic nitrogens is 1. The van der Waals surface area contributed by atoms with Gasteiger partial charge in [-0.1, -0.05) is 27.7 Å². The van der Waals surface area contributed by atoms with Crippen LogP contribution in [0.5, 0.6) is 0 Å². The van der Waals surface area contributed by atoms with E-state index < -0.39 is 5.97 Å². The van der Waals surface area contributed by atoms with E-state index in [-0.39, 0.29) is 5.92 Å². The lowest BCUT2D eigenvalue weighted by molar-refractivity contribution is 0.0700. The van der Waals surface area contributed by atoms with Gasteiger partial charge in [0.15, 0.2) is 0 Å². The van der Waals surface area contributed by atoms with Crippen molar-refractivity contribution in [1.29, 1.82) is 0 Å². The molecule has 1 aromatic rings. The molecule has 1 aromatic heterocycles. The fourth-order valence-electron chi connectivity index (χ4n) is 2.64. The second-order valence-corrected chi connectivity index (χ2v) is 6.50. The van der Waals surface area contributed by atoms with Crippen LogP contribution in [0.4, 0.5) is 0 Å². The van der Waals surface area contributed by atoms with Gasteiger partial charge >= 0.3 is 5.97 Å². The molecule has 0 fully saturated rings. The molecule has 1 N–H and O–H groups in total. The summed E-state index contributed by atoms with van der Waals surface area (Å²) in [5.74, 6) is -0.579. The Kier molecular flexibility index (Phi) is 7.89. The van der Waals surface area contributed by atoms with Crippen molar-refractivity contribution in [2.75, 3.05) is 13.1 Å². The van der Waals surface area contributed by atoms with E-state index >= 15 is 0 Å². The van der Waals surface area contributed by atoms with E-state index in [1.54, 1.807) is 0 Å². The molecule has 0 aliphatic heterocycles. The predicted octanol–water partition coefficient (Wildman–Crippen LogP) is 4.37. The number of thiazole rings is 1. The monoisotopic (exact) mass is 312 g/mol. The first kappa shape index (κ1) is 18.1. The fourth-order valence-corrected chi connectivity index (χ4v) is 3.68. The molecule has 0 saturated carbocycles. The first-order valence-electron chi connectivity index (χ1n) is 8.02. The van der Waals surface area contributed by atoms with Crippen LogP contribution in [-0.4, -0.2) is 34.0 Å². The molecule has 0 amide bonds. The first-order chi connectivity index (χ1) is 10.1. The van der Waals surface area contributed by atoms with Gasteiger partial charge in [0.1, 0.15) is 9.88 Å². The van der Waals surface area contributed by atoms with Gasteiger partial charge < -0.3 is 5.11 Å². The van der Waals surface area contributed by atoms with E-state index in [0.717, 1.165) is 56.0 Å². The summed E-state index contributed by atoms with van der Waals surface area (Å²) < 4.78 is 0. The van der Waals surface area contributed by atoms with E-state index in [1.807, 2.05) is 0 Å². The number of nitrogens with zero attached hydrogens (tertiary/aromatic N) is 2. The average Bonchev–Trinajstić information content (AvgIpc) is 2.85. The molecule has 0 unspecified atom stereocenters. The lowest BCUT2D eigenvalue weighted by Crippen LogP contribution is -2.24. The van der Waals surface area contributed by atoms with E-state index in [4.69, 9.17) is 0 Å². The lowest BCUT2D eigenvalue weighted by atomic mass is 9.98. The zero-order valence-corrected chi connectivity index (χ0v) is 14.5. The van der Waals surface area contributed by atoms with Gasteiger partial charge in [-0.05, 0) is 38.8 Å². The van der Waals surface area contributed by atoms with Crippen molar-refractivity contribution in [3.63, 3.8) is 0 Å². The Bertz CT molecular complexity index is 435. The van der Waals surface area contributed by atoms with Gasteiger partial charge in [0.05, 0.1) is 12.2 Å². The van der Waals surface area contributed by atoms with Crippen molar-refractivity contribution in [2.45, 2.75) is 65.8 Å². The molecule has 1 heterocycles. The van der Waals surface area contributed by atoms with Crippen LogP contribution in [-0.2, 0) is 6.54 Å². The predicted molar refractivity (Wildman–Crippen MR) is 88.3 cm³/mol. The smallest absolute Gasteiger partial charge is 0.347 e. The van der Waals surface area contributed by atoms with Gasteiger partial charge in [0.2, 0.25) is 0 Å². The molecule has 0 atom stereocenters. The SMILES string of the molecule is CCCN(CCC)Cc1nc(C(CC)CC)c(C(=O)O)s1. The Morgan fingerprint density at radius 3 is 2.19 bits per heavy atom. The van der Waals surface area contributed by atoms with Crippen molar-refractivity contribution in [1.82, 2.24) is 9.88 Å². The number of carboxylic acids is 1. The normalized spacial score (nSPS) is 11.5. The molecule has 21 heavy (non-hydrogen) atoms. The summed E-state index contributed by atoms with van der Waals surface area (Å²) in [4.78, 5) is 18.9. The third-order valence-corrected chi connectivity index (χ3v) is 4.75. The third-order valence-electron chi connectivity index (χ3n) is 3.70. The van der Waals surface area contributed by atoms with Gasteiger partial charge in [-0.25, -0.2) is 9.78 Å². The van der Waals surface area contributed by atoms with Crippen LogP contribution >= 0.6 is 11.3 Å². The number of hydrogen-bond donors (Lipinski definition) is 1. The van der Waals surface area contributed by atoms with Gasteiger partial charge in [-0.2, -0.15) is 0 Å². The number of carbonyl (C=O) groups is 1. The summed E-state index contributed by atoms with van der Waals surface area (Å²) in [6.45, 7) is 11.4. The summed E-state index contributed by atoms with van der Waals surface area (Å²) in [6.07, 6.45) is 4.09. The summed E-state index contributed by atoms with van der Waals surface area (Å²) >= 11 is 1.35. The van der Waals surface area contributed by atoms with Crippen molar-refractivity contribution >= 4 is 17.3 Å². The number of carboxylic acid groups (broad SMARTS) is 1. The van der Waals surface area contributed by atoms with E-state index in [2.05, 4.69) is 37.6 Å². The molecular weight excluding hydrogens is 284 g/mol. The molecule has 0 saturated heterocycles.